The lowest BCUT2D eigenvalue weighted by Crippen LogP contribution is -2.49. The number of benzene rings is 1. The zero-order chi connectivity index (χ0) is 27.4. The van der Waals surface area contributed by atoms with Crippen molar-refractivity contribution in [1.29, 1.82) is 0 Å². The van der Waals surface area contributed by atoms with E-state index in [0.717, 1.165) is 66.9 Å². The smallest absolute Gasteiger partial charge is 0.375 e. The van der Waals surface area contributed by atoms with E-state index in [1.54, 1.807) is 0 Å². The van der Waals surface area contributed by atoms with Crippen LogP contribution in [0.25, 0.3) is 10.6 Å². The second-order valence-corrected chi connectivity index (χ2v) is 13.4. The molecule has 2 fully saturated rings. The number of alkyl halides is 3. The first kappa shape index (κ1) is 26.5. The van der Waals surface area contributed by atoms with Gasteiger partial charge >= 0.3 is 6.18 Å². The van der Waals surface area contributed by atoms with Gasteiger partial charge in [0.1, 0.15) is 5.56 Å². The minimum atomic E-state index is -4.72. The van der Waals surface area contributed by atoms with Crippen LogP contribution in [0.4, 0.5) is 30.5 Å². The topological polar surface area (TPSA) is 96.5 Å². The standard InChI is InChI=1S/C26H28F3N5O3S2/c1-15-13-34(7-6-30-15)17-4-5-20(18(10-17)16-2-3-16)32-25-31-12-19(26(27,28)29)24(33-25)21-11-23-22(38-21)14-37-8-9-39(23,35)36/h4-5,10-12,15-16,30H,2-3,6-9,13-14H2,1H3,(H,31,32,33). The fourth-order valence-corrected chi connectivity index (χ4v) is 7.89. The van der Waals surface area contributed by atoms with Crippen molar-refractivity contribution in [3.05, 3.63) is 46.5 Å². The molecule has 3 aromatic rings. The number of rotatable bonds is 5. The van der Waals surface area contributed by atoms with Crippen molar-refractivity contribution in [3.8, 4) is 10.6 Å². The monoisotopic (exact) mass is 579 g/mol. The van der Waals surface area contributed by atoms with Crippen molar-refractivity contribution in [1.82, 2.24) is 15.3 Å². The fourth-order valence-electron chi connectivity index (χ4n) is 5.05. The van der Waals surface area contributed by atoms with Crippen molar-refractivity contribution in [2.24, 2.45) is 0 Å². The van der Waals surface area contributed by atoms with Crippen molar-refractivity contribution < 1.29 is 26.3 Å². The number of aromatic nitrogens is 2. The molecule has 1 unspecified atom stereocenters. The van der Waals surface area contributed by atoms with Crippen molar-refractivity contribution in [2.75, 3.05) is 42.2 Å². The number of thiophene rings is 1. The summed E-state index contributed by atoms with van der Waals surface area (Å²) in [6.45, 7) is 4.93. The van der Waals surface area contributed by atoms with Gasteiger partial charge in [-0.1, -0.05) is 0 Å². The quantitative estimate of drug-likeness (QED) is 0.439. The predicted octanol–water partition coefficient (Wildman–Crippen LogP) is 4.95. The highest BCUT2D eigenvalue weighted by Crippen LogP contribution is 2.46. The maximum absolute atomic E-state index is 14.0. The van der Waals surface area contributed by atoms with Crippen molar-refractivity contribution >= 4 is 38.5 Å². The molecule has 6 rings (SSSR count). The number of nitrogens with one attached hydrogen (secondary N) is 2. The number of anilines is 3. The van der Waals surface area contributed by atoms with E-state index in [1.165, 1.54) is 6.07 Å². The van der Waals surface area contributed by atoms with Gasteiger partial charge in [0, 0.05) is 48.1 Å². The van der Waals surface area contributed by atoms with E-state index in [2.05, 4.69) is 38.5 Å². The Morgan fingerprint density at radius 2 is 2.05 bits per heavy atom. The molecule has 8 nitrogen and oxygen atoms in total. The Bertz CT molecular complexity index is 1500. The third-order valence-corrected chi connectivity index (χ3v) is 10.2. The molecule has 0 bridgehead atoms. The Hall–Kier alpha value is -2.74. The summed E-state index contributed by atoms with van der Waals surface area (Å²) in [5, 5.41) is 6.59. The normalized spacial score (nSPS) is 21.3. The maximum atomic E-state index is 14.0. The third-order valence-electron chi connectivity index (χ3n) is 7.20. The van der Waals surface area contributed by atoms with Gasteiger partial charge in [-0.3, -0.25) is 0 Å². The highest BCUT2D eigenvalue weighted by atomic mass is 32.2. The number of sulfone groups is 1. The van der Waals surface area contributed by atoms with Gasteiger partial charge in [-0.05, 0) is 55.5 Å². The summed E-state index contributed by atoms with van der Waals surface area (Å²) < 4.78 is 72.6. The van der Waals surface area contributed by atoms with E-state index >= 15 is 0 Å². The predicted molar refractivity (Wildman–Crippen MR) is 143 cm³/mol. The van der Waals surface area contributed by atoms with Gasteiger partial charge < -0.3 is 20.3 Å². The van der Waals surface area contributed by atoms with Crippen LogP contribution in [0.1, 0.15) is 41.7 Å². The zero-order valence-electron chi connectivity index (χ0n) is 21.2. The number of piperazine rings is 1. The maximum Gasteiger partial charge on any atom is 0.420 e. The van der Waals surface area contributed by atoms with E-state index in [-0.39, 0.29) is 40.4 Å². The van der Waals surface area contributed by atoms with Crippen LogP contribution in [-0.4, -0.2) is 56.4 Å². The molecular weight excluding hydrogens is 551 g/mol. The molecule has 2 aromatic heterocycles. The average molecular weight is 580 g/mol. The minimum absolute atomic E-state index is 0.00934. The van der Waals surface area contributed by atoms with Gasteiger partial charge in [-0.2, -0.15) is 13.2 Å². The van der Waals surface area contributed by atoms with E-state index < -0.39 is 21.6 Å². The summed E-state index contributed by atoms with van der Waals surface area (Å²) in [5.41, 5.74) is 1.59. The number of halogens is 3. The second-order valence-electron chi connectivity index (χ2n) is 10.2. The summed E-state index contributed by atoms with van der Waals surface area (Å²) >= 11 is 0.952. The number of hydrogen-bond acceptors (Lipinski definition) is 9. The molecule has 1 saturated carbocycles. The molecule has 1 saturated heterocycles. The number of ether oxygens (including phenoxy) is 1. The molecule has 13 heteroatoms. The van der Waals surface area contributed by atoms with Gasteiger partial charge in [0.2, 0.25) is 5.95 Å². The molecule has 0 spiro atoms. The number of nitrogens with zero attached hydrogens (tertiary/aromatic N) is 3. The largest absolute Gasteiger partial charge is 0.420 e. The molecule has 1 atom stereocenters. The summed E-state index contributed by atoms with van der Waals surface area (Å²) in [7, 11) is -3.66. The molecule has 3 aliphatic rings. The Balaban J connectivity index is 1.36. The molecule has 39 heavy (non-hydrogen) atoms. The molecule has 208 valence electrons. The Labute approximate surface area is 228 Å². The lowest BCUT2D eigenvalue weighted by atomic mass is 10.1. The van der Waals surface area contributed by atoms with Crippen LogP contribution in [0.2, 0.25) is 0 Å². The van der Waals surface area contributed by atoms with E-state index in [1.807, 2.05) is 12.1 Å². The van der Waals surface area contributed by atoms with Crippen LogP contribution in [-0.2, 0) is 27.4 Å². The highest BCUT2D eigenvalue weighted by molar-refractivity contribution is 7.91. The van der Waals surface area contributed by atoms with Gasteiger partial charge in [-0.15, -0.1) is 11.3 Å². The highest BCUT2D eigenvalue weighted by Gasteiger charge is 2.37. The Kier molecular flexibility index (Phi) is 6.81. The lowest BCUT2D eigenvalue weighted by Gasteiger charge is -2.34. The van der Waals surface area contributed by atoms with Crippen LogP contribution in [0.3, 0.4) is 0 Å². The number of fused-ring (bicyclic) bond motifs is 1. The van der Waals surface area contributed by atoms with Gasteiger partial charge in [0.25, 0.3) is 0 Å². The molecule has 0 radical (unpaired) electrons. The van der Waals surface area contributed by atoms with Crippen LogP contribution in [0.5, 0.6) is 0 Å². The molecule has 2 aliphatic heterocycles. The third kappa shape index (κ3) is 5.49. The van der Waals surface area contributed by atoms with Gasteiger partial charge in [0.15, 0.2) is 9.84 Å². The summed E-state index contributed by atoms with van der Waals surface area (Å²) in [6, 6.07) is 7.77. The fraction of sp³-hybridized carbons (Fsp3) is 0.462. The van der Waals surface area contributed by atoms with Gasteiger partial charge in [0.05, 0.1) is 34.4 Å². The molecule has 1 aromatic carbocycles. The molecule has 0 amide bonds. The SMILES string of the molecule is CC1CN(c2ccc(Nc3ncc(C(F)(F)F)c(-c4cc5c(s4)COCCS5(=O)=O)n3)c(C3CC3)c2)CCN1. The minimum Gasteiger partial charge on any atom is -0.375 e. The van der Waals surface area contributed by atoms with Gasteiger partial charge in [-0.25, -0.2) is 18.4 Å². The summed E-state index contributed by atoms with van der Waals surface area (Å²) in [5.74, 6) is 0.178. The number of hydrogen-bond donors (Lipinski definition) is 2. The summed E-state index contributed by atoms with van der Waals surface area (Å²) in [4.78, 5) is 11.1. The Morgan fingerprint density at radius 3 is 2.79 bits per heavy atom. The van der Waals surface area contributed by atoms with E-state index in [9.17, 15) is 21.6 Å². The Morgan fingerprint density at radius 1 is 1.23 bits per heavy atom. The first-order valence-electron chi connectivity index (χ1n) is 12.9. The zero-order valence-corrected chi connectivity index (χ0v) is 22.8. The van der Waals surface area contributed by atoms with Crippen LogP contribution in [0.15, 0.2) is 35.4 Å². The van der Waals surface area contributed by atoms with Crippen LogP contribution >= 0.6 is 11.3 Å². The molecule has 4 heterocycles. The first-order chi connectivity index (χ1) is 18.6. The van der Waals surface area contributed by atoms with Crippen molar-refractivity contribution in [3.63, 3.8) is 0 Å². The lowest BCUT2D eigenvalue weighted by molar-refractivity contribution is -0.137. The van der Waals surface area contributed by atoms with Crippen molar-refractivity contribution in [2.45, 2.75) is 49.4 Å². The van der Waals surface area contributed by atoms with Crippen LogP contribution in [0, 0.1) is 0 Å². The molecule has 1 aliphatic carbocycles. The first-order valence-corrected chi connectivity index (χ1v) is 15.3. The van der Waals surface area contributed by atoms with E-state index in [0.29, 0.717) is 16.8 Å². The van der Waals surface area contributed by atoms with E-state index in [4.69, 9.17) is 4.74 Å². The van der Waals surface area contributed by atoms with Crippen LogP contribution < -0.4 is 15.5 Å². The second kappa shape index (κ2) is 10.0. The average Bonchev–Trinajstić information content (AvgIpc) is 3.66. The molecule has 2 N–H and O–H groups in total. The molecular formula is C26H28F3N5O3S2. The summed E-state index contributed by atoms with van der Waals surface area (Å²) in [6.07, 6.45) is -1.86.